The number of para-hydroxylation sites is 1. The second-order valence-corrected chi connectivity index (χ2v) is 5.10. The highest BCUT2D eigenvalue weighted by Crippen LogP contribution is 2.23. The van der Waals surface area contributed by atoms with E-state index < -0.39 is 0 Å². The molecule has 0 aliphatic rings. The number of ether oxygens (including phenoxy) is 1. The van der Waals surface area contributed by atoms with Crippen molar-refractivity contribution in [1.82, 2.24) is 9.59 Å². The van der Waals surface area contributed by atoms with E-state index in [0.29, 0.717) is 13.0 Å². The fourth-order valence-corrected chi connectivity index (χ4v) is 2.39. The number of aliphatic hydroxyl groups excluding tert-OH is 1. The first-order valence-electron chi connectivity index (χ1n) is 6.71. The Morgan fingerprint density at radius 3 is 3.00 bits per heavy atom. The maximum absolute atomic E-state index is 9.05. The molecule has 0 fully saturated rings. The zero-order valence-electron chi connectivity index (χ0n) is 11.5. The van der Waals surface area contributed by atoms with Gasteiger partial charge in [0, 0.05) is 24.7 Å². The van der Waals surface area contributed by atoms with Crippen molar-refractivity contribution in [2.45, 2.75) is 26.4 Å². The Balaban J connectivity index is 2.00. The summed E-state index contributed by atoms with van der Waals surface area (Å²) in [5, 5.41) is 17.4. The lowest BCUT2D eigenvalue weighted by Gasteiger charge is -2.10. The normalized spacial score (nSPS) is 10.5. The SMILES string of the molecule is CCCNc1snnc1COc1ccccc1CCO. The number of nitrogens with zero attached hydrogens (tertiary/aromatic N) is 2. The Hall–Kier alpha value is -1.66. The summed E-state index contributed by atoms with van der Waals surface area (Å²) in [6.07, 6.45) is 1.64. The van der Waals surface area contributed by atoms with Gasteiger partial charge < -0.3 is 15.2 Å². The van der Waals surface area contributed by atoms with E-state index in [4.69, 9.17) is 9.84 Å². The van der Waals surface area contributed by atoms with Gasteiger partial charge in [0.05, 0.1) is 0 Å². The Labute approximate surface area is 122 Å². The molecule has 1 aromatic heterocycles. The third-order valence-electron chi connectivity index (χ3n) is 2.81. The molecule has 2 N–H and O–H groups in total. The molecule has 0 spiro atoms. The van der Waals surface area contributed by atoms with Gasteiger partial charge in [-0.2, -0.15) is 0 Å². The van der Waals surface area contributed by atoms with Gasteiger partial charge in [0.2, 0.25) is 0 Å². The monoisotopic (exact) mass is 293 g/mol. The number of hydrogen-bond donors (Lipinski definition) is 2. The van der Waals surface area contributed by atoms with Crippen LogP contribution in [0.5, 0.6) is 5.75 Å². The molecular weight excluding hydrogens is 274 g/mol. The van der Waals surface area contributed by atoms with Crippen LogP contribution in [0.3, 0.4) is 0 Å². The average Bonchev–Trinajstić information content (AvgIpc) is 2.92. The second-order valence-electron chi connectivity index (χ2n) is 4.35. The highest BCUT2D eigenvalue weighted by molar-refractivity contribution is 7.10. The molecule has 0 aliphatic heterocycles. The fourth-order valence-electron chi connectivity index (χ4n) is 1.79. The van der Waals surface area contributed by atoms with E-state index in [2.05, 4.69) is 21.8 Å². The van der Waals surface area contributed by atoms with E-state index in [0.717, 1.165) is 35.0 Å². The molecule has 0 aliphatic carbocycles. The van der Waals surface area contributed by atoms with Crippen LogP contribution in [0.25, 0.3) is 0 Å². The Morgan fingerprint density at radius 2 is 2.20 bits per heavy atom. The van der Waals surface area contributed by atoms with Crippen molar-refractivity contribution in [2.75, 3.05) is 18.5 Å². The standard InChI is InChI=1S/C14H19N3O2S/c1-2-8-15-14-12(16-17-20-14)10-19-13-6-4-3-5-11(13)7-9-18/h3-6,15,18H,2,7-10H2,1H3. The molecule has 1 heterocycles. The molecule has 0 atom stereocenters. The van der Waals surface area contributed by atoms with E-state index >= 15 is 0 Å². The first-order valence-corrected chi connectivity index (χ1v) is 7.49. The Kier molecular flexibility index (Phi) is 5.76. The minimum Gasteiger partial charge on any atom is -0.487 e. The molecule has 0 unspecified atom stereocenters. The summed E-state index contributed by atoms with van der Waals surface area (Å²) in [5.41, 5.74) is 1.82. The molecule has 2 aromatic rings. The number of benzene rings is 1. The number of aliphatic hydroxyl groups is 1. The third-order valence-corrected chi connectivity index (χ3v) is 3.54. The van der Waals surface area contributed by atoms with E-state index in [1.54, 1.807) is 0 Å². The van der Waals surface area contributed by atoms with Crippen LogP contribution in [0.4, 0.5) is 5.00 Å². The minimum absolute atomic E-state index is 0.113. The Bertz CT molecular complexity index is 531. The van der Waals surface area contributed by atoms with Crippen LogP contribution < -0.4 is 10.1 Å². The molecule has 0 saturated heterocycles. The molecule has 0 saturated carbocycles. The fraction of sp³-hybridized carbons (Fsp3) is 0.429. The molecule has 6 heteroatoms. The summed E-state index contributed by atoms with van der Waals surface area (Å²) < 4.78 is 9.76. The summed E-state index contributed by atoms with van der Waals surface area (Å²) in [7, 11) is 0. The van der Waals surface area contributed by atoms with Gasteiger partial charge >= 0.3 is 0 Å². The lowest BCUT2D eigenvalue weighted by atomic mass is 10.1. The van der Waals surface area contributed by atoms with Gasteiger partial charge in [0.15, 0.2) is 0 Å². The van der Waals surface area contributed by atoms with Crippen molar-refractivity contribution in [3.63, 3.8) is 0 Å². The number of hydrogen-bond acceptors (Lipinski definition) is 6. The molecule has 0 bridgehead atoms. The highest BCUT2D eigenvalue weighted by Gasteiger charge is 2.09. The summed E-state index contributed by atoms with van der Waals surface area (Å²) in [5.74, 6) is 0.788. The van der Waals surface area contributed by atoms with Crippen LogP contribution in [0, 0.1) is 0 Å². The van der Waals surface area contributed by atoms with E-state index in [-0.39, 0.29) is 6.61 Å². The first kappa shape index (κ1) is 14.7. The highest BCUT2D eigenvalue weighted by atomic mass is 32.1. The van der Waals surface area contributed by atoms with Crippen molar-refractivity contribution < 1.29 is 9.84 Å². The lowest BCUT2D eigenvalue weighted by molar-refractivity contribution is 0.282. The lowest BCUT2D eigenvalue weighted by Crippen LogP contribution is -2.05. The first-order chi connectivity index (χ1) is 9.85. The third kappa shape index (κ3) is 3.91. The van der Waals surface area contributed by atoms with Gasteiger partial charge in [0.1, 0.15) is 23.1 Å². The molecular formula is C14H19N3O2S. The predicted octanol–water partition coefficient (Wildman–Crippen LogP) is 2.47. The quantitative estimate of drug-likeness (QED) is 0.782. The Morgan fingerprint density at radius 1 is 1.35 bits per heavy atom. The van der Waals surface area contributed by atoms with Gasteiger partial charge in [-0.1, -0.05) is 29.6 Å². The summed E-state index contributed by atoms with van der Waals surface area (Å²) >= 11 is 1.35. The second kappa shape index (κ2) is 7.81. The molecule has 5 nitrogen and oxygen atoms in total. The summed E-state index contributed by atoms with van der Waals surface area (Å²) in [6, 6.07) is 7.73. The zero-order chi connectivity index (χ0) is 14.2. The zero-order valence-corrected chi connectivity index (χ0v) is 12.3. The van der Waals surface area contributed by atoms with Gasteiger partial charge in [-0.3, -0.25) is 0 Å². The average molecular weight is 293 g/mol. The molecule has 0 radical (unpaired) electrons. The van der Waals surface area contributed by atoms with Gasteiger partial charge in [-0.25, -0.2) is 0 Å². The number of aromatic nitrogens is 2. The van der Waals surface area contributed by atoms with Crippen molar-refractivity contribution in [2.24, 2.45) is 0 Å². The van der Waals surface area contributed by atoms with E-state index in [1.165, 1.54) is 11.5 Å². The van der Waals surface area contributed by atoms with Crippen LogP contribution in [0.1, 0.15) is 24.6 Å². The van der Waals surface area contributed by atoms with Gasteiger partial charge in [-0.05, 0) is 24.5 Å². The van der Waals surface area contributed by atoms with Crippen LogP contribution in [-0.4, -0.2) is 27.8 Å². The topological polar surface area (TPSA) is 67.3 Å². The van der Waals surface area contributed by atoms with Crippen molar-refractivity contribution in [1.29, 1.82) is 0 Å². The largest absolute Gasteiger partial charge is 0.487 e. The molecule has 0 amide bonds. The number of anilines is 1. The summed E-state index contributed by atoms with van der Waals surface area (Å²) in [4.78, 5) is 0. The number of nitrogens with one attached hydrogen (secondary N) is 1. The van der Waals surface area contributed by atoms with Gasteiger partial charge in [-0.15, -0.1) is 5.10 Å². The van der Waals surface area contributed by atoms with Crippen LogP contribution in [-0.2, 0) is 13.0 Å². The maximum atomic E-state index is 9.05. The molecule has 2 rings (SSSR count). The van der Waals surface area contributed by atoms with Gasteiger partial charge in [0.25, 0.3) is 0 Å². The molecule has 20 heavy (non-hydrogen) atoms. The predicted molar refractivity (Wildman–Crippen MR) is 80.3 cm³/mol. The van der Waals surface area contributed by atoms with Crippen LogP contribution >= 0.6 is 11.5 Å². The van der Waals surface area contributed by atoms with Crippen molar-refractivity contribution in [3.8, 4) is 5.75 Å². The molecule has 108 valence electrons. The summed E-state index contributed by atoms with van der Waals surface area (Å²) in [6.45, 7) is 3.51. The van der Waals surface area contributed by atoms with Crippen molar-refractivity contribution >= 4 is 16.5 Å². The maximum Gasteiger partial charge on any atom is 0.136 e. The van der Waals surface area contributed by atoms with Crippen LogP contribution in [0.15, 0.2) is 24.3 Å². The van der Waals surface area contributed by atoms with Crippen LogP contribution in [0.2, 0.25) is 0 Å². The minimum atomic E-state index is 0.113. The number of rotatable bonds is 8. The van der Waals surface area contributed by atoms with Crippen molar-refractivity contribution in [3.05, 3.63) is 35.5 Å². The van der Waals surface area contributed by atoms with E-state index in [9.17, 15) is 0 Å². The molecule has 1 aromatic carbocycles. The smallest absolute Gasteiger partial charge is 0.136 e. The van der Waals surface area contributed by atoms with E-state index in [1.807, 2.05) is 24.3 Å².